The van der Waals surface area contributed by atoms with Gasteiger partial charge >= 0.3 is 0 Å². The molecule has 306 valence electrons. The lowest BCUT2D eigenvalue weighted by atomic mass is 9.67. The molecule has 10 aromatic carbocycles. The van der Waals surface area contributed by atoms with Gasteiger partial charge in [0, 0.05) is 49.4 Å². The van der Waals surface area contributed by atoms with E-state index in [1.807, 2.05) is 18.2 Å². The van der Waals surface area contributed by atoms with Crippen LogP contribution in [0, 0.1) is 11.3 Å². The summed E-state index contributed by atoms with van der Waals surface area (Å²) in [6.07, 6.45) is 0. The number of nitrogens with zero attached hydrogens (tertiary/aromatic N) is 4. The van der Waals surface area contributed by atoms with Crippen molar-refractivity contribution >= 4 is 65.4 Å². The van der Waals surface area contributed by atoms with Crippen LogP contribution in [0.1, 0.15) is 27.8 Å². The lowest BCUT2D eigenvalue weighted by Gasteiger charge is -2.34. The van der Waals surface area contributed by atoms with Gasteiger partial charge in [0.2, 0.25) is 0 Å². The summed E-state index contributed by atoms with van der Waals surface area (Å²) in [5.74, 6) is 0. The van der Waals surface area contributed by atoms with E-state index in [2.05, 4.69) is 232 Å². The van der Waals surface area contributed by atoms with E-state index in [-0.39, 0.29) is 0 Å². The third kappa shape index (κ3) is 4.91. The average Bonchev–Trinajstić information content (AvgIpc) is 4.10. The van der Waals surface area contributed by atoms with E-state index in [0.717, 1.165) is 44.5 Å². The Morgan fingerprint density at radius 3 is 1.26 bits per heavy atom. The van der Waals surface area contributed by atoms with Crippen molar-refractivity contribution in [3.8, 4) is 34.3 Å². The van der Waals surface area contributed by atoms with Crippen LogP contribution in [0.2, 0.25) is 0 Å². The summed E-state index contributed by atoms with van der Waals surface area (Å²) in [5.41, 5.74) is 18.0. The molecule has 0 unspecified atom stereocenters. The zero-order chi connectivity index (χ0) is 43.5. The van der Waals surface area contributed by atoms with Crippen LogP contribution in [0.15, 0.2) is 231 Å². The molecule has 1 aliphatic rings. The molecule has 0 atom stereocenters. The molecule has 4 nitrogen and oxygen atoms in total. The van der Waals surface area contributed by atoms with Crippen LogP contribution < -0.4 is 0 Å². The smallest absolute Gasteiger partial charge is 0.0992 e. The van der Waals surface area contributed by atoms with Gasteiger partial charge in [-0.15, -0.1) is 0 Å². The fraction of sp³-hybridized carbons (Fsp3) is 0.0161. The van der Waals surface area contributed by atoms with Gasteiger partial charge in [0.15, 0.2) is 0 Å². The Labute approximate surface area is 380 Å². The average molecular weight is 839 g/mol. The predicted octanol–water partition coefficient (Wildman–Crippen LogP) is 15.2. The van der Waals surface area contributed by atoms with Crippen molar-refractivity contribution in [1.82, 2.24) is 13.7 Å². The van der Waals surface area contributed by atoms with E-state index in [0.29, 0.717) is 5.56 Å². The zero-order valence-corrected chi connectivity index (χ0v) is 35.7. The van der Waals surface area contributed by atoms with Crippen molar-refractivity contribution in [3.05, 3.63) is 258 Å². The number of fused-ring (bicyclic) bond motifs is 12. The normalized spacial score (nSPS) is 13.0. The van der Waals surface area contributed by atoms with Crippen molar-refractivity contribution in [1.29, 1.82) is 5.26 Å². The predicted molar refractivity (Wildman–Crippen MR) is 271 cm³/mol. The number of para-hydroxylation sites is 3. The van der Waals surface area contributed by atoms with Crippen LogP contribution in [-0.4, -0.2) is 13.7 Å². The maximum absolute atomic E-state index is 9.75. The Balaban J connectivity index is 0.969. The standard InChI is InChI=1S/C62H38N4/c63-39-40-15-14-18-43(35-40)64-57-27-12-7-22-49(57)52-38-45(30-33-60(52)64)66-58-28-13-8-23-50(58)53-37-44(31-34-61(53)66)65-56-26-11-6-21-48(56)51-36-42(29-32-59(51)65)62(41-16-2-1-3-17-41)54-24-9-4-19-46(54)47-20-5-10-25-55(47)62/h1-38H. The van der Waals surface area contributed by atoms with Crippen LogP contribution >= 0.6 is 0 Å². The highest BCUT2D eigenvalue weighted by atomic mass is 15.0. The van der Waals surface area contributed by atoms with Gasteiger partial charge in [-0.3, -0.25) is 0 Å². The summed E-state index contributed by atoms with van der Waals surface area (Å²) in [6, 6.07) is 86.4. The van der Waals surface area contributed by atoms with Gasteiger partial charge < -0.3 is 13.7 Å². The Kier molecular flexibility index (Phi) is 7.64. The van der Waals surface area contributed by atoms with Crippen molar-refractivity contribution < 1.29 is 0 Å². The van der Waals surface area contributed by atoms with Gasteiger partial charge in [0.1, 0.15) is 0 Å². The van der Waals surface area contributed by atoms with E-state index < -0.39 is 5.41 Å². The van der Waals surface area contributed by atoms with Crippen molar-refractivity contribution in [3.63, 3.8) is 0 Å². The molecule has 66 heavy (non-hydrogen) atoms. The van der Waals surface area contributed by atoms with Crippen LogP contribution in [0.5, 0.6) is 0 Å². The second-order valence-corrected chi connectivity index (χ2v) is 17.6. The maximum Gasteiger partial charge on any atom is 0.0992 e. The lowest BCUT2D eigenvalue weighted by Crippen LogP contribution is -2.28. The Bertz CT molecular complexity index is 4150. The first-order valence-corrected chi connectivity index (χ1v) is 22.6. The van der Waals surface area contributed by atoms with Crippen molar-refractivity contribution in [2.45, 2.75) is 5.41 Å². The lowest BCUT2D eigenvalue weighted by molar-refractivity contribution is 0.770. The number of rotatable bonds is 5. The molecule has 0 aliphatic heterocycles. The molecular weight excluding hydrogens is 801 g/mol. The minimum absolute atomic E-state index is 0.479. The number of benzene rings is 10. The fourth-order valence-electron chi connectivity index (χ4n) is 11.7. The molecule has 13 aromatic rings. The molecule has 0 amide bonds. The summed E-state index contributed by atoms with van der Waals surface area (Å²) in [5, 5.41) is 16.9. The third-order valence-electron chi connectivity index (χ3n) is 14.3. The molecule has 3 aromatic heterocycles. The number of hydrogen-bond acceptors (Lipinski definition) is 1. The molecule has 0 spiro atoms. The summed E-state index contributed by atoms with van der Waals surface area (Å²) in [4.78, 5) is 0. The second-order valence-electron chi connectivity index (χ2n) is 17.6. The molecule has 3 heterocycles. The summed E-state index contributed by atoms with van der Waals surface area (Å²) < 4.78 is 7.14. The maximum atomic E-state index is 9.75. The second kappa shape index (κ2) is 13.8. The van der Waals surface area contributed by atoms with Gasteiger partial charge in [-0.2, -0.15) is 5.26 Å². The molecular formula is C62H38N4. The van der Waals surface area contributed by atoms with E-state index in [4.69, 9.17) is 0 Å². The molecule has 0 bridgehead atoms. The van der Waals surface area contributed by atoms with Crippen LogP contribution in [0.3, 0.4) is 0 Å². The summed E-state index contributed by atoms with van der Waals surface area (Å²) in [6.45, 7) is 0. The molecule has 4 heteroatoms. The monoisotopic (exact) mass is 838 g/mol. The minimum Gasteiger partial charge on any atom is -0.309 e. The molecule has 0 N–H and O–H groups in total. The molecule has 1 aliphatic carbocycles. The zero-order valence-electron chi connectivity index (χ0n) is 35.7. The molecule has 0 saturated heterocycles. The van der Waals surface area contributed by atoms with Crippen LogP contribution in [0.4, 0.5) is 0 Å². The van der Waals surface area contributed by atoms with E-state index >= 15 is 0 Å². The first-order valence-electron chi connectivity index (χ1n) is 22.6. The highest BCUT2D eigenvalue weighted by Crippen LogP contribution is 2.56. The van der Waals surface area contributed by atoms with Gasteiger partial charge in [-0.05, 0) is 118 Å². The Morgan fingerprint density at radius 2 is 0.727 bits per heavy atom. The van der Waals surface area contributed by atoms with Gasteiger partial charge in [-0.25, -0.2) is 0 Å². The Hall–Kier alpha value is -8.91. The van der Waals surface area contributed by atoms with Gasteiger partial charge in [0.05, 0.1) is 50.1 Å². The molecule has 14 rings (SSSR count). The van der Waals surface area contributed by atoms with Crippen molar-refractivity contribution in [2.24, 2.45) is 0 Å². The van der Waals surface area contributed by atoms with Gasteiger partial charge in [0.25, 0.3) is 0 Å². The van der Waals surface area contributed by atoms with Crippen molar-refractivity contribution in [2.75, 3.05) is 0 Å². The fourth-order valence-corrected chi connectivity index (χ4v) is 11.7. The highest BCUT2D eigenvalue weighted by molar-refractivity contribution is 6.14. The van der Waals surface area contributed by atoms with Gasteiger partial charge in [-0.1, -0.05) is 146 Å². The summed E-state index contributed by atoms with van der Waals surface area (Å²) >= 11 is 0. The third-order valence-corrected chi connectivity index (χ3v) is 14.3. The SMILES string of the molecule is N#Cc1cccc(-n2c3ccccc3c3cc(-n4c5ccccc5c5cc(-n6c7ccccc7c7cc(C8(c9ccccc9)c9ccccc9-c9ccccc98)ccc76)ccc54)ccc32)c1. The number of hydrogen-bond donors (Lipinski definition) is 0. The van der Waals surface area contributed by atoms with E-state index in [1.54, 1.807) is 0 Å². The quantitative estimate of drug-likeness (QED) is 0.170. The van der Waals surface area contributed by atoms with E-state index in [1.165, 1.54) is 71.3 Å². The Morgan fingerprint density at radius 1 is 0.303 bits per heavy atom. The topological polar surface area (TPSA) is 38.6 Å². The molecule has 0 saturated carbocycles. The molecule has 0 fully saturated rings. The minimum atomic E-state index is -0.479. The largest absolute Gasteiger partial charge is 0.309 e. The first-order chi connectivity index (χ1) is 32.7. The highest BCUT2D eigenvalue weighted by Gasteiger charge is 2.46. The van der Waals surface area contributed by atoms with Crippen LogP contribution in [-0.2, 0) is 5.41 Å². The first kappa shape index (κ1) is 36.6. The van der Waals surface area contributed by atoms with Crippen LogP contribution in [0.25, 0.3) is 93.6 Å². The number of aromatic nitrogens is 3. The van der Waals surface area contributed by atoms with E-state index in [9.17, 15) is 5.26 Å². The summed E-state index contributed by atoms with van der Waals surface area (Å²) in [7, 11) is 0. The number of nitriles is 1. The molecule has 0 radical (unpaired) electrons.